The van der Waals surface area contributed by atoms with Crippen LogP contribution >= 0.6 is 11.3 Å². The van der Waals surface area contributed by atoms with Crippen LogP contribution in [0.5, 0.6) is 0 Å². The number of hydrogen-bond donors (Lipinski definition) is 1. The van der Waals surface area contributed by atoms with E-state index in [2.05, 4.69) is 0 Å². The van der Waals surface area contributed by atoms with Crippen molar-refractivity contribution < 1.29 is 27.9 Å². The molecule has 0 aliphatic heterocycles. The van der Waals surface area contributed by atoms with E-state index in [-0.39, 0.29) is 16.8 Å². The Morgan fingerprint density at radius 3 is 2.26 bits per heavy atom. The Morgan fingerprint density at radius 1 is 1.03 bits per heavy atom. The monoisotopic (exact) mass is 497 g/mol. The van der Waals surface area contributed by atoms with Gasteiger partial charge in [0.05, 0.1) is 26.9 Å². The molecule has 5 rings (SSSR count). The Kier molecular flexibility index (Phi) is 5.59. The molecule has 0 saturated heterocycles. The zero-order valence-corrected chi connectivity index (χ0v) is 19.7. The lowest BCUT2D eigenvalue weighted by molar-refractivity contribution is -0.137. The maximum Gasteiger partial charge on any atom is 0.416 e. The first-order valence-corrected chi connectivity index (χ1v) is 12.0. The van der Waals surface area contributed by atoms with Gasteiger partial charge in [0.2, 0.25) is 0 Å². The van der Waals surface area contributed by atoms with E-state index in [0.29, 0.717) is 18.5 Å². The van der Waals surface area contributed by atoms with Gasteiger partial charge in [-0.3, -0.25) is 4.79 Å². The molecule has 1 saturated carbocycles. The molecular formula is C27H22F3NO3S. The van der Waals surface area contributed by atoms with Gasteiger partial charge in [-0.25, -0.2) is 4.79 Å². The van der Waals surface area contributed by atoms with Crippen LogP contribution in [0.4, 0.5) is 13.2 Å². The van der Waals surface area contributed by atoms with E-state index in [4.69, 9.17) is 5.11 Å². The number of hydrogen-bond acceptors (Lipinski definition) is 3. The van der Waals surface area contributed by atoms with Crippen LogP contribution in [0.2, 0.25) is 0 Å². The van der Waals surface area contributed by atoms with Gasteiger partial charge in [0.15, 0.2) is 5.78 Å². The van der Waals surface area contributed by atoms with Gasteiger partial charge < -0.3 is 9.67 Å². The first kappa shape index (κ1) is 23.4. The Labute approximate surface area is 203 Å². The van der Waals surface area contributed by atoms with Gasteiger partial charge in [-0.2, -0.15) is 13.2 Å². The zero-order valence-electron chi connectivity index (χ0n) is 18.9. The minimum atomic E-state index is -4.38. The number of thiophene rings is 1. The van der Waals surface area contributed by atoms with Crippen molar-refractivity contribution >= 4 is 33.3 Å². The lowest BCUT2D eigenvalue weighted by Gasteiger charge is -2.16. The molecule has 0 unspecified atom stereocenters. The number of aromatic nitrogens is 1. The van der Waals surface area contributed by atoms with E-state index < -0.39 is 17.7 Å². The highest BCUT2D eigenvalue weighted by molar-refractivity contribution is 7.19. The third-order valence-electron chi connectivity index (χ3n) is 6.79. The average Bonchev–Trinajstić information content (AvgIpc) is 3.38. The second-order valence-electron chi connectivity index (χ2n) is 9.15. The van der Waals surface area contributed by atoms with Crippen molar-refractivity contribution in [3.8, 4) is 0 Å². The van der Waals surface area contributed by atoms with Gasteiger partial charge in [-0.05, 0) is 61.2 Å². The number of nitrogens with zero attached hydrogens (tertiary/aromatic N) is 1. The number of carboxylic acids is 1. The molecule has 1 fully saturated rings. The van der Waals surface area contributed by atoms with Gasteiger partial charge in [-0.1, -0.05) is 24.3 Å². The molecule has 0 bridgehead atoms. The van der Waals surface area contributed by atoms with Crippen LogP contribution in [0.15, 0.2) is 60.8 Å². The van der Waals surface area contributed by atoms with Gasteiger partial charge in [0.25, 0.3) is 0 Å². The fourth-order valence-corrected chi connectivity index (χ4v) is 5.81. The largest absolute Gasteiger partial charge is 0.478 e. The Morgan fingerprint density at radius 2 is 1.69 bits per heavy atom. The lowest BCUT2D eigenvalue weighted by atomic mass is 9.88. The number of carbonyl (C=O) groups excluding carboxylic acids is 1. The topological polar surface area (TPSA) is 59.3 Å². The number of aromatic carboxylic acids is 1. The number of fused-ring (bicyclic) bond motifs is 1. The van der Waals surface area contributed by atoms with Gasteiger partial charge in [0, 0.05) is 29.5 Å². The van der Waals surface area contributed by atoms with Crippen molar-refractivity contribution in [2.45, 2.75) is 44.3 Å². The van der Waals surface area contributed by atoms with Crippen molar-refractivity contribution in [3.63, 3.8) is 0 Å². The number of halogens is 3. The summed E-state index contributed by atoms with van der Waals surface area (Å²) in [7, 11) is 0. The summed E-state index contributed by atoms with van der Waals surface area (Å²) in [5.41, 5.74) is 2.42. The van der Waals surface area contributed by atoms with Crippen LogP contribution in [0.3, 0.4) is 0 Å². The summed E-state index contributed by atoms with van der Waals surface area (Å²) < 4.78 is 41.6. The molecule has 0 spiro atoms. The second-order valence-corrected chi connectivity index (χ2v) is 10.4. The van der Waals surface area contributed by atoms with E-state index in [1.807, 2.05) is 23.8 Å². The fraction of sp³-hybridized carbons (Fsp3) is 0.259. The average molecular weight is 498 g/mol. The summed E-state index contributed by atoms with van der Waals surface area (Å²) in [6.45, 7) is 2.28. The van der Waals surface area contributed by atoms with Crippen LogP contribution in [-0.4, -0.2) is 21.4 Å². The van der Waals surface area contributed by atoms with Crippen LogP contribution in [0.1, 0.15) is 61.5 Å². The highest BCUT2D eigenvalue weighted by Gasteiger charge is 2.46. The van der Waals surface area contributed by atoms with E-state index in [1.165, 1.54) is 23.5 Å². The molecule has 1 N–H and O–H groups in total. The van der Waals surface area contributed by atoms with Crippen molar-refractivity contribution in [2.24, 2.45) is 0 Å². The summed E-state index contributed by atoms with van der Waals surface area (Å²) in [6, 6.07) is 13.8. The smallest absolute Gasteiger partial charge is 0.416 e. The van der Waals surface area contributed by atoms with Crippen LogP contribution in [-0.2, 0) is 18.1 Å². The Bertz CT molecular complexity index is 1430. The number of alkyl halides is 3. The molecular weight excluding hydrogens is 475 g/mol. The first-order chi connectivity index (χ1) is 16.6. The molecule has 2 aromatic carbocycles. The van der Waals surface area contributed by atoms with Crippen molar-refractivity contribution in [1.29, 1.82) is 0 Å². The minimum absolute atomic E-state index is 0.0286. The number of carbonyl (C=O) groups is 2. The zero-order chi connectivity index (χ0) is 25.0. The molecule has 0 radical (unpaired) electrons. The molecule has 1 aliphatic rings. The van der Waals surface area contributed by atoms with Crippen molar-refractivity contribution in [3.05, 3.63) is 93.5 Å². The molecule has 180 valence electrons. The van der Waals surface area contributed by atoms with Crippen LogP contribution < -0.4 is 0 Å². The molecule has 2 heterocycles. The maximum atomic E-state index is 13.6. The third kappa shape index (κ3) is 4.38. The summed E-state index contributed by atoms with van der Waals surface area (Å²) >= 11 is 1.54. The molecule has 8 heteroatoms. The lowest BCUT2D eigenvalue weighted by Crippen LogP contribution is -2.15. The Balaban J connectivity index is 1.42. The van der Waals surface area contributed by atoms with Gasteiger partial charge in [0.1, 0.15) is 0 Å². The molecule has 35 heavy (non-hydrogen) atoms. The number of Topliss-reactive ketones (excluding diaryl/α,β-unsaturated/α-hetero) is 1. The predicted molar refractivity (Wildman–Crippen MR) is 128 cm³/mol. The molecule has 4 aromatic rings. The molecule has 0 atom stereocenters. The summed E-state index contributed by atoms with van der Waals surface area (Å²) in [5.74, 6) is -0.955. The van der Waals surface area contributed by atoms with Gasteiger partial charge >= 0.3 is 12.1 Å². The number of carboxylic acid groups (broad SMARTS) is 1. The molecule has 1 aliphatic carbocycles. The second kappa shape index (κ2) is 8.37. The van der Waals surface area contributed by atoms with E-state index >= 15 is 0 Å². The SMILES string of the molecule is Cc1sc2ccn(Cc3ccc(C(F)(F)F)cc3)c2c1C(=O)CC1(c2ccc(C(=O)O)cc2)CC1. The van der Waals surface area contributed by atoms with Gasteiger partial charge in [-0.15, -0.1) is 11.3 Å². The van der Waals surface area contributed by atoms with E-state index in [0.717, 1.165) is 51.2 Å². The predicted octanol–water partition coefficient (Wildman–Crippen LogP) is 7.08. The van der Waals surface area contributed by atoms with E-state index in [1.54, 1.807) is 24.3 Å². The van der Waals surface area contributed by atoms with Crippen molar-refractivity contribution in [2.75, 3.05) is 0 Å². The highest BCUT2D eigenvalue weighted by Crippen LogP contribution is 2.52. The van der Waals surface area contributed by atoms with E-state index in [9.17, 15) is 22.8 Å². The van der Waals surface area contributed by atoms with Crippen molar-refractivity contribution in [1.82, 2.24) is 4.57 Å². The first-order valence-electron chi connectivity index (χ1n) is 11.2. The number of rotatable bonds is 7. The minimum Gasteiger partial charge on any atom is -0.478 e. The Hall–Kier alpha value is -3.39. The summed E-state index contributed by atoms with van der Waals surface area (Å²) in [5, 5.41) is 9.15. The third-order valence-corrected chi connectivity index (χ3v) is 7.85. The van der Waals surface area contributed by atoms with Crippen LogP contribution in [0, 0.1) is 6.92 Å². The fourth-order valence-electron chi connectivity index (χ4n) is 4.72. The number of aryl methyl sites for hydroxylation is 1. The highest BCUT2D eigenvalue weighted by atomic mass is 32.1. The standard InChI is InChI=1S/C27H22F3NO3S/c1-16-23(21(32)14-26(11-12-26)19-8-4-18(5-9-19)25(33)34)24-22(35-16)10-13-31(24)15-17-2-6-20(7-3-17)27(28,29)30/h2-10,13H,11-12,14-15H2,1H3,(H,33,34). The summed E-state index contributed by atoms with van der Waals surface area (Å²) in [4.78, 5) is 25.7. The molecule has 4 nitrogen and oxygen atoms in total. The quantitative estimate of drug-likeness (QED) is 0.278. The number of ketones is 1. The molecule has 0 amide bonds. The molecule has 2 aromatic heterocycles. The number of benzene rings is 2. The maximum absolute atomic E-state index is 13.6. The normalized spacial score (nSPS) is 14.9. The van der Waals surface area contributed by atoms with Crippen LogP contribution in [0.25, 0.3) is 10.2 Å². The summed E-state index contributed by atoms with van der Waals surface area (Å²) in [6.07, 6.45) is -0.450.